The van der Waals surface area contributed by atoms with Crippen LogP contribution in [0.25, 0.3) is 16.7 Å². The Balaban J connectivity index is 1.52. The van der Waals surface area contributed by atoms with Gasteiger partial charge >= 0.3 is 5.97 Å². The van der Waals surface area contributed by atoms with Crippen LogP contribution in [0.15, 0.2) is 47.3 Å². The molecule has 1 unspecified atom stereocenters. The van der Waals surface area contributed by atoms with E-state index in [-0.39, 0.29) is 30.6 Å². The molecule has 0 amide bonds. The van der Waals surface area contributed by atoms with Crippen LogP contribution >= 0.6 is 23.2 Å². The lowest BCUT2D eigenvalue weighted by Gasteiger charge is -2.14. The van der Waals surface area contributed by atoms with Crippen LogP contribution in [-0.2, 0) is 16.0 Å². The van der Waals surface area contributed by atoms with Crippen LogP contribution in [0.5, 0.6) is 5.75 Å². The van der Waals surface area contributed by atoms with E-state index in [1.807, 2.05) is 39.8 Å². The van der Waals surface area contributed by atoms with Gasteiger partial charge < -0.3 is 20.2 Å². The molecule has 11 heteroatoms. The second-order valence-electron chi connectivity index (χ2n) is 9.84. The molecule has 0 fully saturated rings. The highest BCUT2D eigenvalue weighted by atomic mass is 35.5. The largest absolute Gasteiger partial charge is 0.490 e. The molecular weight excluding hydrogens is 541 g/mol. The number of aromatic nitrogens is 4. The average molecular weight is 572 g/mol. The molecule has 0 aliphatic heterocycles. The summed E-state index contributed by atoms with van der Waals surface area (Å²) in [5, 5.41) is 5.89. The topological polar surface area (TPSA) is 125 Å². The predicted octanol–water partition coefficient (Wildman–Crippen LogP) is 5.04. The smallest absolute Gasteiger partial charge is 0.323 e. The van der Waals surface area contributed by atoms with Crippen molar-refractivity contribution >= 4 is 40.2 Å². The molecule has 3 N–H and O–H groups in total. The van der Waals surface area contributed by atoms with Crippen molar-refractivity contribution in [3.63, 3.8) is 0 Å². The van der Waals surface area contributed by atoms with E-state index in [1.165, 1.54) is 0 Å². The molecule has 0 aliphatic rings. The fourth-order valence-electron chi connectivity index (χ4n) is 4.00. The summed E-state index contributed by atoms with van der Waals surface area (Å²) < 4.78 is 12.4. The third-order valence-electron chi connectivity index (χ3n) is 6.19. The molecule has 39 heavy (non-hydrogen) atoms. The fraction of sp³-hybridized carbons (Fsp3) is 0.357. The molecule has 2 aromatic heterocycles. The molecule has 4 rings (SSSR count). The SMILES string of the molecule is CC(C)c1nn(-c2c(Cl)cccc2Cl)c2nc(Cc3ccc(OCCOC(=O)C(N)C(C)C)cc3)[nH]c(=O)c12. The van der Waals surface area contributed by atoms with Gasteiger partial charge in [-0.2, -0.15) is 5.10 Å². The van der Waals surface area contributed by atoms with Crippen molar-refractivity contribution in [1.82, 2.24) is 19.7 Å². The molecule has 206 valence electrons. The second kappa shape index (κ2) is 12.2. The lowest BCUT2D eigenvalue weighted by molar-refractivity contribution is -0.147. The summed E-state index contributed by atoms with van der Waals surface area (Å²) in [6.07, 6.45) is 0.370. The van der Waals surface area contributed by atoms with Gasteiger partial charge in [-0.05, 0) is 41.7 Å². The van der Waals surface area contributed by atoms with Gasteiger partial charge in [-0.15, -0.1) is 0 Å². The number of ether oxygens (including phenoxy) is 2. The number of H-pyrrole nitrogens is 1. The fourth-order valence-corrected chi connectivity index (χ4v) is 4.56. The minimum atomic E-state index is -0.652. The van der Waals surface area contributed by atoms with E-state index in [0.29, 0.717) is 50.5 Å². The van der Waals surface area contributed by atoms with Crippen LogP contribution < -0.4 is 16.0 Å². The Bertz CT molecular complexity index is 1510. The number of rotatable bonds is 10. The molecular formula is C28H31Cl2N5O4. The Morgan fingerprint density at radius 1 is 1.05 bits per heavy atom. The van der Waals surface area contributed by atoms with Gasteiger partial charge in [0.1, 0.15) is 41.9 Å². The summed E-state index contributed by atoms with van der Waals surface area (Å²) in [7, 11) is 0. The summed E-state index contributed by atoms with van der Waals surface area (Å²) in [4.78, 5) is 32.7. The monoisotopic (exact) mass is 571 g/mol. The van der Waals surface area contributed by atoms with Gasteiger partial charge in [0.2, 0.25) is 0 Å². The Morgan fingerprint density at radius 2 is 1.72 bits per heavy atom. The lowest BCUT2D eigenvalue weighted by atomic mass is 10.1. The van der Waals surface area contributed by atoms with E-state index < -0.39 is 12.0 Å². The van der Waals surface area contributed by atoms with Crippen LogP contribution in [0.2, 0.25) is 10.0 Å². The summed E-state index contributed by atoms with van der Waals surface area (Å²) in [6.45, 7) is 7.95. The molecule has 0 bridgehead atoms. The maximum Gasteiger partial charge on any atom is 0.323 e. The van der Waals surface area contributed by atoms with Gasteiger partial charge in [0, 0.05) is 6.42 Å². The molecule has 9 nitrogen and oxygen atoms in total. The number of benzene rings is 2. The Labute approximate surface area is 236 Å². The highest BCUT2D eigenvalue weighted by Gasteiger charge is 2.22. The van der Waals surface area contributed by atoms with E-state index in [1.54, 1.807) is 35.0 Å². The molecule has 1 atom stereocenters. The number of esters is 1. The number of nitrogens with zero attached hydrogens (tertiary/aromatic N) is 3. The highest BCUT2D eigenvalue weighted by Crippen LogP contribution is 2.32. The van der Waals surface area contributed by atoms with Gasteiger partial charge in [0.25, 0.3) is 5.56 Å². The van der Waals surface area contributed by atoms with Crippen LogP contribution in [0.1, 0.15) is 50.7 Å². The maximum atomic E-state index is 13.2. The van der Waals surface area contributed by atoms with Crippen LogP contribution in [-0.4, -0.2) is 45.0 Å². The summed E-state index contributed by atoms with van der Waals surface area (Å²) >= 11 is 12.9. The van der Waals surface area contributed by atoms with Gasteiger partial charge in [-0.3, -0.25) is 9.59 Å². The summed E-state index contributed by atoms with van der Waals surface area (Å²) in [5.41, 5.74) is 7.88. The van der Waals surface area contributed by atoms with Crippen molar-refractivity contribution in [1.29, 1.82) is 0 Å². The first kappa shape index (κ1) is 28.6. The number of halogens is 2. The third kappa shape index (κ3) is 6.43. The van der Waals surface area contributed by atoms with E-state index in [2.05, 4.69) is 10.1 Å². The highest BCUT2D eigenvalue weighted by molar-refractivity contribution is 6.37. The predicted molar refractivity (Wildman–Crippen MR) is 152 cm³/mol. The second-order valence-corrected chi connectivity index (χ2v) is 10.7. The van der Waals surface area contributed by atoms with E-state index in [9.17, 15) is 9.59 Å². The van der Waals surface area contributed by atoms with E-state index >= 15 is 0 Å². The summed E-state index contributed by atoms with van der Waals surface area (Å²) in [5.74, 6) is 0.623. The first-order valence-corrected chi connectivity index (χ1v) is 13.4. The number of carbonyl (C=O) groups excluding carboxylic acids is 1. The van der Waals surface area contributed by atoms with Gasteiger partial charge in [-0.1, -0.05) is 69.1 Å². The molecule has 0 aliphatic carbocycles. The molecule has 2 aromatic carbocycles. The number of hydrogen-bond donors (Lipinski definition) is 2. The number of hydrogen-bond acceptors (Lipinski definition) is 7. The minimum Gasteiger partial charge on any atom is -0.490 e. The molecule has 2 heterocycles. The minimum absolute atomic E-state index is 0.00265. The maximum absolute atomic E-state index is 13.2. The molecule has 0 spiro atoms. The van der Waals surface area contributed by atoms with Crippen molar-refractivity contribution in [2.24, 2.45) is 11.7 Å². The number of para-hydroxylation sites is 1. The number of nitrogens with one attached hydrogen (secondary N) is 1. The Morgan fingerprint density at radius 3 is 2.33 bits per heavy atom. The third-order valence-corrected chi connectivity index (χ3v) is 6.80. The van der Waals surface area contributed by atoms with Gasteiger partial charge in [0.05, 0.1) is 15.7 Å². The van der Waals surface area contributed by atoms with Crippen LogP contribution in [0.3, 0.4) is 0 Å². The van der Waals surface area contributed by atoms with E-state index in [0.717, 1.165) is 5.56 Å². The standard InChI is InChI=1S/C28H31Cl2N5O4/c1-15(2)23(31)28(37)39-13-12-38-18-10-8-17(9-11-18)14-21-32-26-22(27(36)33-21)24(16(3)4)34-35(26)25-19(29)6-5-7-20(25)30/h5-11,15-16,23H,12-14,31H2,1-4H3,(H,32,33,36). The van der Waals surface area contributed by atoms with Crippen molar-refractivity contribution in [3.05, 3.63) is 79.9 Å². The quantitative estimate of drug-likeness (QED) is 0.202. The zero-order valence-electron chi connectivity index (χ0n) is 22.2. The van der Waals surface area contributed by atoms with Crippen molar-refractivity contribution in [2.75, 3.05) is 13.2 Å². The van der Waals surface area contributed by atoms with Crippen LogP contribution in [0.4, 0.5) is 0 Å². The molecule has 0 radical (unpaired) electrons. The zero-order valence-corrected chi connectivity index (χ0v) is 23.7. The Hall–Kier alpha value is -3.40. The molecule has 0 saturated carbocycles. The van der Waals surface area contributed by atoms with Crippen LogP contribution in [0, 0.1) is 5.92 Å². The van der Waals surface area contributed by atoms with Gasteiger partial charge in [-0.25, -0.2) is 9.67 Å². The van der Waals surface area contributed by atoms with Crippen molar-refractivity contribution in [2.45, 2.75) is 46.1 Å². The normalized spacial score (nSPS) is 12.3. The number of aromatic amines is 1. The van der Waals surface area contributed by atoms with Crippen molar-refractivity contribution in [3.8, 4) is 11.4 Å². The number of nitrogens with two attached hydrogens (primary N) is 1. The number of fused-ring (bicyclic) bond motifs is 1. The van der Waals surface area contributed by atoms with E-state index in [4.69, 9.17) is 43.4 Å². The van der Waals surface area contributed by atoms with Crippen molar-refractivity contribution < 1.29 is 14.3 Å². The summed E-state index contributed by atoms with van der Waals surface area (Å²) in [6, 6.07) is 11.9. The first-order chi connectivity index (χ1) is 18.6. The first-order valence-electron chi connectivity index (χ1n) is 12.7. The zero-order chi connectivity index (χ0) is 28.3. The lowest BCUT2D eigenvalue weighted by Crippen LogP contribution is -2.37. The Kier molecular flexibility index (Phi) is 8.94. The number of carbonyl (C=O) groups is 1. The molecule has 0 saturated heterocycles. The molecule has 4 aromatic rings. The average Bonchev–Trinajstić information content (AvgIpc) is 3.27. The van der Waals surface area contributed by atoms with Gasteiger partial charge in [0.15, 0.2) is 5.65 Å².